The number of aryl methyl sites for hydroxylation is 1. The van der Waals surface area contributed by atoms with E-state index in [1.165, 1.54) is 12.1 Å². The lowest BCUT2D eigenvalue weighted by Gasteiger charge is -2.06. The fourth-order valence-corrected chi connectivity index (χ4v) is 1.45. The lowest BCUT2D eigenvalue weighted by atomic mass is 10.1. The lowest BCUT2D eigenvalue weighted by molar-refractivity contribution is 0.629. The number of benzene rings is 1. The average molecular weight is 191 g/mol. The maximum absolute atomic E-state index is 13.0. The third kappa shape index (κ3) is 1.40. The van der Waals surface area contributed by atoms with E-state index in [0.717, 1.165) is 11.2 Å². The second-order valence-electron chi connectivity index (χ2n) is 3.12. The third-order valence-corrected chi connectivity index (χ3v) is 2.05. The van der Waals surface area contributed by atoms with Gasteiger partial charge in [-0.2, -0.15) is 0 Å². The van der Waals surface area contributed by atoms with Crippen LogP contribution >= 0.6 is 0 Å². The molecule has 0 atom stereocenters. The Bertz CT molecular complexity index is 482. The average Bonchev–Trinajstić information content (AvgIpc) is 2.17. The van der Waals surface area contributed by atoms with E-state index in [9.17, 15) is 4.39 Å². The summed E-state index contributed by atoms with van der Waals surface area (Å²) in [5.74, 6) is 5.04. The van der Waals surface area contributed by atoms with E-state index in [1.54, 1.807) is 12.1 Å². The van der Waals surface area contributed by atoms with Gasteiger partial charge in [-0.25, -0.2) is 4.39 Å². The summed E-state index contributed by atoms with van der Waals surface area (Å²) >= 11 is 0. The number of nitrogens with one attached hydrogen (secondary N) is 1. The molecular formula is C10H10FN3. The second-order valence-corrected chi connectivity index (χ2v) is 3.12. The van der Waals surface area contributed by atoms with Crippen LogP contribution in [0.3, 0.4) is 0 Å². The summed E-state index contributed by atoms with van der Waals surface area (Å²) in [6.07, 6.45) is 0. The maximum Gasteiger partial charge on any atom is 0.124 e. The molecule has 0 amide bonds. The summed E-state index contributed by atoms with van der Waals surface area (Å²) in [6.45, 7) is 1.86. The van der Waals surface area contributed by atoms with Crippen molar-refractivity contribution in [3.8, 4) is 0 Å². The van der Waals surface area contributed by atoms with Crippen molar-refractivity contribution in [1.29, 1.82) is 0 Å². The highest BCUT2D eigenvalue weighted by molar-refractivity contribution is 5.91. The number of hydrazine groups is 1. The number of aromatic nitrogens is 1. The molecule has 0 radical (unpaired) electrons. The molecule has 0 unspecified atom stereocenters. The minimum Gasteiger partial charge on any atom is -0.323 e. The highest BCUT2D eigenvalue weighted by atomic mass is 19.1. The predicted molar refractivity (Wildman–Crippen MR) is 54.2 cm³/mol. The van der Waals surface area contributed by atoms with Crippen LogP contribution in [0.5, 0.6) is 0 Å². The Hall–Kier alpha value is -1.68. The molecule has 14 heavy (non-hydrogen) atoms. The smallest absolute Gasteiger partial charge is 0.124 e. The van der Waals surface area contributed by atoms with Crippen molar-refractivity contribution in [2.24, 2.45) is 5.84 Å². The molecule has 1 aromatic carbocycles. The van der Waals surface area contributed by atoms with Crippen molar-refractivity contribution < 1.29 is 4.39 Å². The quantitative estimate of drug-likeness (QED) is 0.535. The molecule has 0 bridgehead atoms. The Morgan fingerprint density at radius 2 is 2.14 bits per heavy atom. The van der Waals surface area contributed by atoms with Crippen LogP contribution in [-0.2, 0) is 0 Å². The molecule has 2 aromatic rings. The van der Waals surface area contributed by atoms with Gasteiger partial charge in [0.2, 0.25) is 0 Å². The summed E-state index contributed by atoms with van der Waals surface area (Å²) < 4.78 is 13.0. The summed E-state index contributed by atoms with van der Waals surface area (Å²) in [7, 11) is 0. The summed E-state index contributed by atoms with van der Waals surface area (Å²) in [5.41, 5.74) is 4.80. The molecule has 0 aliphatic carbocycles. The number of hydrogen-bond acceptors (Lipinski definition) is 3. The first-order valence-corrected chi connectivity index (χ1v) is 4.24. The maximum atomic E-state index is 13.0. The van der Waals surface area contributed by atoms with Gasteiger partial charge in [0.25, 0.3) is 0 Å². The van der Waals surface area contributed by atoms with Crippen LogP contribution in [0.15, 0.2) is 24.3 Å². The van der Waals surface area contributed by atoms with Crippen molar-refractivity contribution in [2.75, 3.05) is 5.43 Å². The number of fused-ring (bicyclic) bond motifs is 1. The van der Waals surface area contributed by atoms with Gasteiger partial charge in [-0.1, -0.05) is 0 Å². The van der Waals surface area contributed by atoms with Crippen molar-refractivity contribution in [1.82, 2.24) is 4.98 Å². The van der Waals surface area contributed by atoms with Crippen LogP contribution in [0.25, 0.3) is 10.9 Å². The minimum absolute atomic E-state index is 0.292. The van der Waals surface area contributed by atoms with E-state index in [1.807, 2.05) is 6.92 Å². The largest absolute Gasteiger partial charge is 0.323 e. The number of rotatable bonds is 1. The molecule has 0 saturated heterocycles. The van der Waals surface area contributed by atoms with Crippen LogP contribution in [0.1, 0.15) is 5.69 Å². The molecule has 1 aromatic heterocycles. The Balaban J connectivity index is 2.81. The topological polar surface area (TPSA) is 50.9 Å². The monoisotopic (exact) mass is 191 g/mol. The fraction of sp³-hybridized carbons (Fsp3) is 0.100. The van der Waals surface area contributed by atoms with Gasteiger partial charge < -0.3 is 5.43 Å². The Morgan fingerprint density at radius 1 is 1.36 bits per heavy atom. The van der Waals surface area contributed by atoms with E-state index in [0.29, 0.717) is 11.1 Å². The Kier molecular flexibility index (Phi) is 2.05. The number of hydrogen-bond donors (Lipinski definition) is 2. The molecule has 72 valence electrons. The van der Waals surface area contributed by atoms with Gasteiger partial charge in [-0.3, -0.25) is 10.8 Å². The van der Waals surface area contributed by atoms with E-state index in [4.69, 9.17) is 5.84 Å². The molecule has 0 aliphatic heterocycles. The first-order chi connectivity index (χ1) is 6.70. The second kappa shape index (κ2) is 3.23. The highest BCUT2D eigenvalue weighted by Gasteiger charge is 2.03. The van der Waals surface area contributed by atoms with Crippen molar-refractivity contribution in [3.63, 3.8) is 0 Å². The number of halogens is 1. The van der Waals surface area contributed by atoms with Gasteiger partial charge in [0.05, 0.1) is 11.2 Å². The zero-order valence-electron chi connectivity index (χ0n) is 7.71. The van der Waals surface area contributed by atoms with Gasteiger partial charge in [-0.05, 0) is 31.2 Å². The number of anilines is 1. The summed E-state index contributed by atoms with van der Waals surface area (Å²) in [4.78, 5) is 4.26. The SMILES string of the molecule is Cc1cc(NN)c2cc(F)ccc2n1. The minimum atomic E-state index is -0.292. The molecule has 4 heteroatoms. The molecule has 0 fully saturated rings. The zero-order valence-corrected chi connectivity index (χ0v) is 7.71. The van der Waals surface area contributed by atoms with E-state index in [2.05, 4.69) is 10.4 Å². The molecular weight excluding hydrogens is 181 g/mol. The zero-order chi connectivity index (χ0) is 10.1. The molecule has 1 heterocycles. The molecule has 0 spiro atoms. The first kappa shape index (κ1) is 8.90. The molecule has 0 aliphatic rings. The summed E-state index contributed by atoms with van der Waals surface area (Å²) in [5, 5.41) is 0.693. The standard InChI is InChI=1S/C10H10FN3/c1-6-4-10(14-12)8-5-7(11)2-3-9(8)13-6/h2-5H,12H2,1H3,(H,13,14). The number of nitrogens with zero attached hydrogens (tertiary/aromatic N) is 1. The van der Waals surface area contributed by atoms with E-state index < -0.39 is 0 Å². The Labute approximate surface area is 80.7 Å². The van der Waals surface area contributed by atoms with Crippen LogP contribution < -0.4 is 11.3 Å². The normalized spacial score (nSPS) is 10.5. The summed E-state index contributed by atoms with van der Waals surface area (Å²) in [6, 6.07) is 6.21. The van der Waals surface area contributed by atoms with Gasteiger partial charge in [0.15, 0.2) is 0 Å². The van der Waals surface area contributed by atoms with Gasteiger partial charge >= 0.3 is 0 Å². The van der Waals surface area contributed by atoms with Crippen LogP contribution in [0.4, 0.5) is 10.1 Å². The molecule has 3 N–H and O–H groups in total. The molecule has 2 rings (SSSR count). The molecule has 0 saturated carbocycles. The van der Waals surface area contributed by atoms with E-state index >= 15 is 0 Å². The fourth-order valence-electron chi connectivity index (χ4n) is 1.45. The van der Waals surface area contributed by atoms with Crippen LogP contribution in [0.2, 0.25) is 0 Å². The third-order valence-electron chi connectivity index (χ3n) is 2.05. The lowest BCUT2D eigenvalue weighted by Crippen LogP contribution is -2.08. The Morgan fingerprint density at radius 3 is 2.86 bits per heavy atom. The first-order valence-electron chi connectivity index (χ1n) is 4.24. The van der Waals surface area contributed by atoms with Crippen LogP contribution in [0, 0.1) is 12.7 Å². The highest BCUT2D eigenvalue weighted by Crippen LogP contribution is 2.22. The number of nitrogens with two attached hydrogens (primary N) is 1. The van der Waals surface area contributed by atoms with Gasteiger partial charge in [-0.15, -0.1) is 0 Å². The number of nitrogen functional groups attached to an aromatic ring is 1. The van der Waals surface area contributed by atoms with Crippen molar-refractivity contribution >= 4 is 16.6 Å². The predicted octanol–water partition coefficient (Wildman–Crippen LogP) is 1.97. The number of pyridine rings is 1. The van der Waals surface area contributed by atoms with Crippen molar-refractivity contribution in [2.45, 2.75) is 6.92 Å². The van der Waals surface area contributed by atoms with Gasteiger partial charge in [0.1, 0.15) is 5.82 Å². The van der Waals surface area contributed by atoms with Crippen LogP contribution in [-0.4, -0.2) is 4.98 Å². The van der Waals surface area contributed by atoms with Gasteiger partial charge in [0, 0.05) is 11.1 Å². The van der Waals surface area contributed by atoms with E-state index in [-0.39, 0.29) is 5.82 Å². The molecule has 3 nitrogen and oxygen atoms in total. The van der Waals surface area contributed by atoms with Crippen molar-refractivity contribution in [3.05, 3.63) is 35.8 Å².